The van der Waals surface area contributed by atoms with Gasteiger partial charge in [-0.3, -0.25) is 4.68 Å². The molecule has 3 aromatic rings. The number of benzene rings is 2. The highest BCUT2D eigenvalue weighted by Crippen LogP contribution is 2.32. The molecule has 0 spiro atoms. The van der Waals surface area contributed by atoms with Crippen LogP contribution in [-0.4, -0.2) is 15.7 Å². The molecule has 4 rings (SSSR count). The van der Waals surface area contributed by atoms with Gasteiger partial charge in [0.05, 0.1) is 17.8 Å². The zero-order valence-corrected chi connectivity index (χ0v) is 15.1. The lowest BCUT2D eigenvalue weighted by Gasteiger charge is -2.22. The van der Waals surface area contributed by atoms with Gasteiger partial charge in [-0.2, -0.15) is 5.10 Å². The smallest absolute Gasteiger partial charge is 0.339 e. The zero-order valence-electron chi connectivity index (χ0n) is 15.1. The Bertz CT molecular complexity index is 1010. The summed E-state index contributed by atoms with van der Waals surface area (Å²) in [5.41, 5.74) is 5.39. The number of esters is 1. The lowest BCUT2D eigenvalue weighted by molar-refractivity contribution is -0.140. The highest BCUT2D eigenvalue weighted by Gasteiger charge is 2.26. The number of fused-ring (bicyclic) bond motifs is 1. The van der Waals surface area contributed by atoms with Crippen LogP contribution in [0, 0.1) is 0 Å². The Morgan fingerprint density at radius 3 is 2.52 bits per heavy atom. The van der Waals surface area contributed by atoms with E-state index in [-0.39, 0.29) is 12.6 Å². The molecule has 0 saturated heterocycles. The minimum Gasteiger partial charge on any atom is -0.457 e. The molecule has 0 aliphatic carbocycles. The standard InChI is InChI=1S/C23H20N2O2/c1-17-21-12-13-24-25(21)15-20(14-18-8-4-2-5-9-18)22(17)23(26)27-16-19-10-6-3-7-11-19/h2-14H,15-16H2,1H3/b20-14-. The van der Waals surface area contributed by atoms with Gasteiger partial charge in [-0.25, -0.2) is 4.79 Å². The third-order valence-electron chi connectivity index (χ3n) is 4.67. The second kappa shape index (κ2) is 7.46. The van der Waals surface area contributed by atoms with Gasteiger partial charge in [0.2, 0.25) is 0 Å². The number of rotatable bonds is 4. The van der Waals surface area contributed by atoms with Crippen molar-refractivity contribution in [3.8, 4) is 0 Å². The fourth-order valence-corrected chi connectivity index (χ4v) is 3.33. The molecule has 1 aliphatic rings. The van der Waals surface area contributed by atoms with E-state index in [1.807, 2.05) is 84.4 Å². The molecule has 1 aliphatic heterocycles. The molecule has 0 radical (unpaired) electrons. The van der Waals surface area contributed by atoms with Crippen LogP contribution >= 0.6 is 0 Å². The molecule has 134 valence electrons. The number of carbonyl (C=O) groups excluding carboxylic acids is 1. The Morgan fingerprint density at radius 1 is 1.07 bits per heavy atom. The molecule has 2 aromatic carbocycles. The molecule has 0 bridgehead atoms. The Labute approximate surface area is 158 Å². The summed E-state index contributed by atoms with van der Waals surface area (Å²) in [6, 6.07) is 21.6. The summed E-state index contributed by atoms with van der Waals surface area (Å²) in [5, 5.41) is 4.38. The zero-order chi connectivity index (χ0) is 18.6. The predicted molar refractivity (Wildman–Crippen MR) is 105 cm³/mol. The second-order valence-corrected chi connectivity index (χ2v) is 6.52. The Kier molecular flexibility index (Phi) is 4.71. The maximum atomic E-state index is 13.0. The molecule has 27 heavy (non-hydrogen) atoms. The third-order valence-corrected chi connectivity index (χ3v) is 4.67. The summed E-state index contributed by atoms with van der Waals surface area (Å²) in [6.07, 6.45) is 3.80. The van der Waals surface area contributed by atoms with Crippen LogP contribution in [0.25, 0.3) is 11.6 Å². The van der Waals surface area contributed by atoms with Crippen molar-refractivity contribution in [2.24, 2.45) is 0 Å². The van der Waals surface area contributed by atoms with Crippen molar-refractivity contribution in [1.82, 2.24) is 9.78 Å². The third kappa shape index (κ3) is 3.60. The predicted octanol–water partition coefficient (Wildman–Crippen LogP) is 4.50. The van der Waals surface area contributed by atoms with Crippen LogP contribution in [0.4, 0.5) is 0 Å². The monoisotopic (exact) mass is 356 g/mol. The van der Waals surface area contributed by atoms with E-state index in [0.717, 1.165) is 28.0 Å². The molecule has 1 aromatic heterocycles. The van der Waals surface area contributed by atoms with Crippen LogP contribution < -0.4 is 0 Å². The topological polar surface area (TPSA) is 44.1 Å². The van der Waals surface area contributed by atoms with E-state index >= 15 is 0 Å². The minimum absolute atomic E-state index is 0.258. The van der Waals surface area contributed by atoms with E-state index in [1.165, 1.54) is 0 Å². The van der Waals surface area contributed by atoms with E-state index in [1.54, 1.807) is 6.20 Å². The molecule has 0 saturated carbocycles. The summed E-state index contributed by atoms with van der Waals surface area (Å²) in [5.74, 6) is -0.300. The van der Waals surface area contributed by atoms with Crippen molar-refractivity contribution in [2.75, 3.05) is 0 Å². The van der Waals surface area contributed by atoms with Gasteiger partial charge >= 0.3 is 5.97 Å². The highest BCUT2D eigenvalue weighted by molar-refractivity contribution is 6.03. The Morgan fingerprint density at radius 2 is 1.78 bits per heavy atom. The summed E-state index contributed by atoms with van der Waals surface area (Å²) in [4.78, 5) is 13.0. The van der Waals surface area contributed by atoms with E-state index < -0.39 is 0 Å². The van der Waals surface area contributed by atoms with Crippen LogP contribution in [0.2, 0.25) is 0 Å². The van der Waals surface area contributed by atoms with Crippen LogP contribution in [0.3, 0.4) is 0 Å². The van der Waals surface area contributed by atoms with Crippen LogP contribution in [0.1, 0.15) is 23.7 Å². The van der Waals surface area contributed by atoms with Gasteiger partial charge in [-0.05, 0) is 41.3 Å². The number of carbonyl (C=O) groups is 1. The number of allylic oxidation sites excluding steroid dienone is 1. The van der Waals surface area contributed by atoms with E-state index in [2.05, 4.69) is 5.10 Å². The van der Waals surface area contributed by atoms with E-state index in [0.29, 0.717) is 12.1 Å². The number of hydrogen-bond donors (Lipinski definition) is 0. The molecule has 0 fully saturated rings. The lowest BCUT2D eigenvalue weighted by Crippen LogP contribution is -2.20. The van der Waals surface area contributed by atoms with Crippen LogP contribution in [0.15, 0.2) is 84.1 Å². The number of aromatic nitrogens is 2. The first-order chi connectivity index (χ1) is 13.2. The van der Waals surface area contributed by atoms with Gasteiger partial charge in [-0.15, -0.1) is 0 Å². The summed E-state index contributed by atoms with van der Waals surface area (Å²) >= 11 is 0. The van der Waals surface area contributed by atoms with Gasteiger partial charge < -0.3 is 4.74 Å². The first-order valence-corrected chi connectivity index (χ1v) is 8.92. The lowest BCUT2D eigenvalue weighted by atomic mass is 9.93. The Hall–Kier alpha value is -3.40. The van der Waals surface area contributed by atoms with Gasteiger partial charge in [0.1, 0.15) is 6.61 Å². The van der Waals surface area contributed by atoms with Crippen molar-refractivity contribution in [3.63, 3.8) is 0 Å². The van der Waals surface area contributed by atoms with Crippen molar-refractivity contribution in [3.05, 3.63) is 101 Å². The largest absolute Gasteiger partial charge is 0.457 e. The second-order valence-electron chi connectivity index (χ2n) is 6.52. The normalized spacial score (nSPS) is 14.9. The molecule has 0 atom stereocenters. The summed E-state index contributed by atoms with van der Waals surface area (Å²) in [7, 11) is 0. The van der Waals surface area contributed by atoms with Crippen molar-refractivity contribution >= 4 is 17.6 Å². The van der Waals surface area contributed by atoms with Gasteiger partial charge in [-0.1, -0.05) is 60.7 Å². The summed E-state index contributed by atoms with van der Waals surface area (Å²) < 4.78 is 7.54. The van der Waals surface area contributed by atoms with Gasteiger partial charge in [0, 0.05) is 6.20 Å². The van der Waals surface area contributed by atoms with Crippen LogP contribution in [-0.2, 0) is 22.7 Å². The molecule has 4 heteroatoms. The average molecular weight is 356 g/mol. The fraction of sp³-hybridized carbons (Fsp3) is 0.130. The molecule has 2 heterocycles. The summed E-state index contributed by atoms with van der Waals surface area (Å²) in [6.45, 7) is 2.75. The minimum atomic E-state index is -0.300. The molecule has 0 N–H and O–H groups in total. The molecule has 0 amide bonds. The maximum absolute atomic E-state index is 13.0. The highest BCUT2D eigenvalue weighted by atomic mass is 16.5. The van der Waals surface area contributed by atoms with E-state index in [9.17, 15) is 4.79 Å². The van der Waals surface area contributed by atoms with Gasteiger partial charge in [0.25, 0.3) is 0 Å². The maximum Gasteiger partial charge on any atom is 0.339 e. The average Bonchev–Trinajstić information content (AvgIpc) is 3.17. The molecular weight excluding hydrogens is 336 g/mol. The molecular formula is C23H20N2O2. The first kappa shape index (κ1) is 17.0. The molecule has 4 nitrogen and oxygen atoms in total. The van der Waals surface area contributed by atoms with Gasteiger partial charge in [0.15, 0.2) is 0 Å². The molecule has 0 unspecified atom stereocenters. The van der Waals surface area contributed by atoms with Crippen LogP contribution in [0.5, 0.6) is 0 Å². The van der Waals surface area contributed by atoms with Crippen molar-refractivity contribution < 1.29 is 9.53 Å². The van der Waals surface area contributed by atoms with Crippen molar-refractivity contribution in [2.45, 2.75) is 20.1 Å². The number of ether oxygens (including phenoxy) is 1. The van der Waals surface area contributed by atoms with Crippen molar-refractivity contribution in [1.29, 1.82) is 0 Å². The van der Waals surface area contributed by atoms with E-state index in [4.69, 9.17) is 4.74 Å². The number of nitrogens with zero attached hydrogens (tertiary/aromatic N) is 2. The number of hydrogen-bond acceptors (Lipinski definition) is 3. The fourth-order valence-electron chi connectivity index (χ4n) is 3.33. The Balaban J connectivity index is 1.68. The SMILES string of the molecule is CC1=C(C(=O)OCc2ccccc2)/C(=C\c2ccccc2)Cn2nccc21. The quantitative estimate of drug-likeness (QED) is 0.647. The first-order valence-electron chi connectivity index (χ1n) is 8.92.